The number of hydrogen-bond donors (Lipinski definition) is 2. The van der Waals surface area contributed by atoms with Crippen molar-refractivity contribution in [2.45, 2.75) is 19.1 Å². The predicted octanol–water partition coefficient (Wildman–Crippen LogP) is 0.736. The lowest BCUT2D eigenvalue weighted by Crippen LogP contribution is -2.43. The van der Waals surface area contributed by atoms with Gasteiger partial charge in [-0.3, -0.25) is 9.69 Å². The molecule has 1 atom stereocenters. The largest absolute Gasteiger partial charge is 0.380 e. The predicted molar refractivity (Wildman–Crippen MR) is 92.3 cm³/mol. The van der Waals surface area contributed by atoms with Crippen LogP contribution in [0, 0.1) is 0 Å². The standard InChI is InChI=1S/C17H28N4O2/c1-20-6-8-21(9-7-20)13-14-4-3-5-15(10-14)19-17(22)11-16(12-18)23-2/h3-5,10,16H,6-9,11-13,18H2,1-2H3,(H,19,22). The van der Waals surface area contributed by atoms with Crippen LogP contribution in [-0.4, -0.2) is 68.7 Å². The Bertz CT molecular complexity index is 497. The Hall–Kier alpha value is -1.47. The molecule has 3 N–H and O–H groups in total. The molecule has 1 aliphatic heterocycles. The fourth-order valence-corrected chi connectivity index (χ4v) is 2.69. The molecular weight excluding hydrogens is 292 g/mol. The number of nitrogens with two attached hydrogens (primary N) is 1. The van der Waals surface area contributed by atoms with E-state index >= 15 is 0 Å². The molecule has 2 rings (SSSR count). The molecule has 1 fully saturated rings. The van der Waals surface area contributed by atoms with E-state index in [0.29, 0.717) is 6.54 Å². The van der Waals surface area contributed by atoms with Crippen molar-refractivity contribution in [2.24, 2.45) is 5.73 Å². The SMILES string of the molecule is COC(CN)CC(=O)Nc1cccc(CN2CCN(C)CC2)c1. The van der Waals surface area contributed by atoms with E-state index in [9.17, 15) is 4.79 Å². The second-order valence-electron chi connectivity index (χ2n) is 6.13. The van der Waals surface area contributed by atoms with Gasteiger partial charge in [-0.05, 0) is 24.7 Å². The topological polar surface area (TPSA) is 70.8 Å². The van der Waals surface area contributed by atoms with Crippen LogP contribution in [0.3, 0.4) is 0 Å². The molecule has 6 nitrogen and oxygen atoms in total. The second-order valence-corrected chi connectivity index (χ2v) is 6.13. The molecule has 0 aliphatic carbocycles. The van der Waals surface area contributed by atoms with Crippen LogP contribution in [0.25, 0.3) is 0 Å². The Morgan fingerprint density at radius 1 is 1.35 bits per heavy atom. The van der Waals surface area contributed by atoms with Gasteiger partial charge in [0.2, 0.25) is 5.91 Å². The van der Waals surface area contributed by atoms with Crippen LogP contribution in [-0.2, 0) is 16.1 Å². The van der Waals surface area contributed by atoms with E-state index in [2.05, 4.69) is 28.2 Å². The van der Waals surface area contributed by atoms with E-state index in [1.54, 1.807) is 7.11 Å². The number of piperazine rings is 1. The van der Waals surface area contributed by atoms with Crippen molar-refractivity contribution in [3.63, 3.8) is 0 Å². The zero-order valence-electron chi connectivity index (χ0n) is 14.1. The summed E-state index contributed by atoms with van der Waals surface area (Å²) in [5.74, 6) is -0.0703. The van der Waals surface area contributed by atoms with Crippen LogP contribution >= 0.6 is 0 Å². The zero-order valence-corrected chi connectivity index (χ0v) is 14.1. The van der Waals surface area contributed by atoms with E-state index in [4.69, 9.17) is 10.5 Å². The Kier molecular flexibility index (Phi) is 6.98. The summed E-state index contributed by atoms with van der Waals surface area (Å²) in [4.78, 5) is 16.8. The number of hydrogen-bond acceptors (Lipinski definition) is 5. The van der Waals surface area contributed by atoms with E-state index < -0.39 is 0 Å². The first-order valence-corrected chi connectivity index (χ1v) is 8.13. The van der Waals surface area contributed by atoms with Gasteiger partial charge in [0.25, 0.3) is 0 Å². The van der Waals surface area contributed by atoms with Crippen molar-refractivity contribution in [1.82, 2.24) is 9.80 Å². The van der Waals surface area contributed by atoms with Crippen LogP contribution < -0.4 is 11.1 Å². The number of carbonyl (C=O) groups excluding carboxylic acids is 1. The van der Waals surface area contributed by atoms with E-state index in [-0.39, 0.29) is 18.4 Å². The number of ether oxygens (including phenoxy) is 1. The van der Waals surface area contributed by atoms with Gasteiger partial charge in [-0.2, -0.15) is 0 Å². The third-order valence-electron chi connectivity index (χ3n) is 4.22. The molecule has 0 aromatic heterocycles. The molecule has 1 heterocycles. The number of nitrogens with one attached hydrogen (secondary N) is 1. The van der Waals surface area contributed by atoms with Crippen LogP contribution in [0.2, 0.25) is 0 Å². The Labute approximate surface area is 138 Å². The van der Waals surface area contributed by atoms with Gasteiger partial charge >= 0.3 is 0 Å². The summed E-state index contributed by atoms with van der Waals surface area (Å²) in [6.45, 7) is 5.63. The van der Waals surface area contributed by atoms with Gasteiger partial charge in [-0.15, -0.1) is 0 Å². The first-order valence-electron chi connectivity index (χ1n) is 8.13. The van der Waals surface area contributed by atoms with Gasteiger partial charge in [0, 0.05) is 52.1 Å². The van der Waals surface area contributed by atoms with Gasteiger partial charge in [0.15, 0.2) is 0 Å². The lowest BCUT2D eigenvalue weighted by Gasteiger charge is -2.32. The minimum Gasteiger partial charge on any atom is -0.380 e. The minimum absolute atomic E-state index is 0.0703. The Balaban J connectivity index is 1.88. The molecule has 1 amide bonds. The van der Waals surface area contributed by atoms with E-state index in [0.717, 1.165) is 38.4 Å². The highest BCUT2D eigenvalue weighted by Crippen LogP contribution is 2.14. The highest BCUT2D eigenvalue weighted by Gasteiger charge is 2.15. The van der Waals surface area contributed by atoms with Gasteiger partial charge in [0.1, 0.15) is 0 Å². The van der Waals surface area contributed by atoms with Gasteiger partial charge < -0.3 is 20.7 Å². The average Bonchev–Trinajstić information content (AvgIpc) is 2.55. The summed E-state index contributed by atoms with van der Waals surface area (Å²) >= 11 is 0. The molecule has 6 heteroatoms. The van der Waals surface area contributed by atoms with Crippen molar-refractivity contribution in [1.29, 1.82) is 0 Å². The van der Waals surface area contributed by atoms with Gasteiger partial charge in [-0.25, -0.2) is 0 Å². The number of nitrogens with zero attached hydrogens (tertiary/aromatic N) is 2. The van der Waals surface area contributed by atoms with E-state index in [1.165, 1.54) is 5.56 Å². The number of carbonyl (C=O) groups is 1. The van der Waals surface area contributed by atoms with Crippen molar-refractivity contribution >= 4 is 11.6 Å². The molecule has 0 radical (unpaired) electrons. The maximum absolute atomic E-state index is 12.0. The van der Waals surface area contributed by atoms with E-state index in [1.807, 2.05) is 18.2 Å². The Morgan fingerprint density at radius 3 is 2.74 bits per heavy atom. The smallest absolute Gasteiger partial charge is 0.227 e. The maximum atomic E-state index is 12.0. The molecule has 0 spiro atoms. The molecular formula is C17H28N4O2. The highest BCUT2D eigenvalue weighted by molar-refractivity contribution is 5.91. The molecule has 1 saturated heterocycles. The molecule has 128 valence electrons. The third-order valence-corrected chi connectivity index (χ3v) is 4.22. The number of amides is 1. The summed E-state index contributed by atoms with van der Waals surface area (Å²) in [6.07, 6.45) is 0.0406. The number of rotatable bonds is 7. The molecule has 23 heavy (non-hydrogen) atoms. The summed E-state index contributed by atoms with van der Waals surface area (Å²) in [5.41, 5.74) is 7.59. The van der Waals surface area contributed by atoms with Crippen LogP contribution in [0.15, 0.2) is 24.3 Å². The van der Waals surface area contributed by atoms with Crippen LogP contribution in [0.5, 0.6) is 0 Å². The van der Waals surface area contributed by atoms with Crippen molar-refractivity contribution in [3.8, 4) is 0 Å². The average molecular weight is 320 g/mol. The first-order chi connectivity index (χ1) is 11.1. The first kappa shape index (κ1) is 17.9. The molecule has 1 aliphatic rings. The summed E-state index contributed by atoms with van der Waals surface area (Å²) in [5, 5.41) is 2.92. The molecule has 0 saturated carbocycles. The summed E-state index contributed by atoms with van der Waals surface area (Å²) in [6, 6.07) is 8.04. The molecule has 1 aromatic rings. The number of methoxy groups -OCH3 is 1. The minimum atomic E-state index is -0.233. The quantitative estimate of drug-likeness (QED) is 0.775. The molecule has 0 bridgehead atoms. The Morgan fingerprint density at radius 2 is 2.09 bits per heavy atom. The van der Waals surface area contributed by atoms with Crippen LogP contribution in [0.4, 0.5) is 5.69 Å². The molecule has 1 aromatic carbocycles. The zero-order chi connectivity index (χ0) is 16.7. The third kappa shape index (κ3) is 5.91. The normalized spacial score (nSPS) is 17.9. The van der Waals surface area contributed by atoms with Gasteiger partial charge in [0.05, 0.1) is 12.5 Å². The van der Waals surface area contributed by atoms with Crippen molar-refractivity contribution < 1.29 is 9.53 Å². The lowest BCUT2D eigenvalue weighted by molar-refractivity contribution is -0.118. The number of benzene rings is 1. The monoisotopic (exact) mass is 320 g/mol. The number of anilines is 1. The summed E-state index contributed by atoms with van der Waals surface area (Å²) < 4.78 is 5.14. The van der Waals surface area contributed by atoms with Crippen molar-refractivity contribution in [2.75, 3.05) is 52.2 Å². The fraction of sp³-hybridized carbons (Fsp3) is 0.588. The lowest BCUT2D eigenvalue weighted by atomic mass is 10.1. The fourth-order valence-electron chi connectivity index (χ4n) is 2.69. The van der Waals surface area contributed by atoms with Gasteiger partial charge in [-0.1, -0.05) is 12.1 Å². The maximum Gasteiger partial charge on any atom is 0.227 e. The molecule has 1 unspecified atom stereocenters. The van der Waals surface area contributed by atoms with Crippen molar-refractivity contribution in [3.05, 3.63) is 29.8 Å². The second kappa shape index (κ2) is 8.98. The number of likely N-dealkylation sites (N-methyl/N-ethyl adjacent to an activating group) is 1. The van der Waals surface area contributed by atoms with Crippen LogP contribution in [0.1, 0.15) is 12.0 Å². The summed E-state index contributed by atoms with van der Waals surface area (Å²) in [7, 11) is 3.73. The highest BCUT2D eigenvalue weighted by atomic mass is 16.5.